The molecule has 0 radical (unpaired) electrons. The van der Waals surface area contributed by atoms with Crippen molar-refractivity contribution in [3.05, 3.63) is 0 Å². The summed E-state index contributed by atoms with van der Waals surface area (Å²) >= 11 is 0. The molecule has 2 rings (SSSR count). The lowest BCUT2D eigenvalue weighted by Gasteiger charge is -2.38. The predicted molar refractivity (Wildman–Crippen MR) is 70.5 cm³/mol. The normalized spacial score (nSPS) is 26.9. The van der Waals surface area contributed by atoms with E-state index in [1.165, 1.54) is 6.42 Å². The minimum atomic E-state index is -0.135. The molecule has 2 fully saturated rings. The van der Waals surface area contributed by atoms with Crippen LogP contribution in [0.1, 0.15) is 20.3 Å². The van der Waals surface area contributed by atoms with Gasteiger partial charge in [0.25, 0.3) is 0 Å². The molecular formula is C13H25N3O2. The van der Waals surface area contributed by atoms with Crippen molar-refractivity contribution >= 4 is 5.91 Å². The summed E-state index contributed by atoms with van der Waals surface area (Å²) in [7, 11) is 0. The van der Waals surface area contributed by atoms with Crippen molar-refractivity contribution in [1.82, 2.24) is 15.5 Å². The van der Waals surface area contributed by atoms with Crippen molar-refractivity contribution in [2.75, 3.05) is 45.9 Å². The molecule has 0 spiro atoms. The molecule has 0 aliphatic carbocycles. The van der Waals surface area contributed by atoms with Gasteiger partial charge in [0.15, 0.2) is 0 Å². The second-order valence-corrected chi connectivity index (χ2v) is 5.69. The van der Waals surface area contributed by atoms with Gasteiger partial charge in [-0.05, 0) is 32.4 Å². The maximum absolute atomic E-state index is 11.7. The van der Waals surface area contributed by atoms with Crippen molar-refractivity contribution < 1.29 is 9.53 Å². The Balaban J connectivity index is 1.57. The van der Waals surface area contributed by atoms with Gasteiger partial charge in [-0.1, -0.05) is 6.92 Å². The van der Waals surface area contributed by atoms with Gasteiger partial charge >= 0.3 is 0 Å². The van der Waals surface area contributed by atoms with E-state index in [2.05, 4.69) is 22.5 Å². The average molecular weight is 255 g/mol. The Kier molecular flexibility index (Phi) is 4.59. The first kappa shape index (κ1) is 13.8. The minimum absolute atomic E-state index is 0.0121. The summed E-state index contributed by atoms with van der Waals surface area (Å²) in [6, 6.07) is 0. The highest BCUT2D eigenvalue weighted by Crippen LogP contribution is 2.15. The van der Waals surface area contributed by atoms with Gasteiger partial charge < -0.3 is 20.3 Å². The molecule has 1 amide bonds. The van der Waals surface area contributed by atoms with Crippen LogP contribution in [0.15, 0.2) is 0 Å². The first-order chi connectivity index (χ1) is 8.61. The Morgan fingerprint density at radius 2 is 2.33 bits per heavy atom. The molecule has 1 unspecified atom stereocenters. The summed E-state index contributed by atoms with van der Waals surface area (Å²) in [6.07, 6.45) is 1.19. The van der Waals surface area contributed by atoms with Crippen molar-refractivity contribution in [1.29, 1.82) is 0 Å². The molecule has 0 bridgehead atoms. The first-order valence-corrected chi connectivity index (χ1v) is 6.95. The van der Waals surface area contributed by atoms with E-state index in [-0.39, 0.29) is 18.1 Å². The molecule has 0 saturated carbocycles. The number of hydrogen-bond acceptors (Lipinski definition) is 4. The van der Waals surface area contributed by atoms with Crippen LogP contribution in [0.5, 0.6) is 0 Å². The molecule has 2 saturated heterocycles. The lowest BCUT2D eigenvalue weighted by Crippen LogP contribution is -2.59. The minimum Gasteiger partial charge on any atom is -0.363 e. The van der Waals surface area contributed by atoms with E-state index in [1.54, 1.807) is 0 Å². The summed E-state index contributed by atoms with van der Waals surface area (Å²) in [5, 5.41) is 6.13. The number of carbonyl (C=O) groups is 1. The van der Waals surface area contributed by atoms with E-state index in [0.29, 0.717) is 5.92 Å². The smallest absolute Gasteiger partial charge is 0.246 e. The lowest BCUT2D eigenvalue weighted by molar-refractivity contribution is -0.136. The third-order valence-corrected chi connectivity index (χ3v) is 3.95. The molecule has 2 heterocycles. The van der Waals surface area contributed by atoms with Crippen LogP contribution in [-0.2, 0) is 9.53 Å². The van der Waals surface area contributed by atoms with Gasteiger partial charge in [-0.25, -0.2) is 0 Å². The maximum atomic E-state index is 11.7. The quantitative estimate of drug-likeness (QED) is 0.691. The van der Waals surface area contributed by atoms with Gasteiger partial charge in [0.2, 0.25) is 5.91 Å². The number of amides is 1. The molecular weight excluding hydrogens is 230 g/mol. The van der Waals surface area contributed by atoms with Gasteiger partial charge in [-0.15, -0.1) is 0 Å². The van der Waals surface area contributed by atoms with Gasteiger partial charge in [0, 0.05) is 26.2 Å². The maximum Gasteiger partial charge on any atom is 0.246 e. The zero-order valence-electron chi connectivity index (χ0n) is 11.5. The molecule has 2 aliphatic heterocycles. The zero-order valence-corrected chi connectivity index (χ0v) is 11.5. The fourth-order valence-electron chi connectivity index (χ4n) is 2.49. The van der Waals surface area contributed by atoms with Crippen LogP contribution in [0, 0.1) is 5.92 Å². The van der Waals surface area contributed by atoms with Gasteiger partial charge in [-0.3, -0.25) is 4.79 Å². The second kappa shape index (κ2) is 5.99. The Morgan fingerprint density at radius 1 is 1.56 bits per heavy atom. The van der Waals surface area contributed by atoms with Gasteiger partial charge in [0.05, 0.1) is 5.60 Å². The molecule has 0 aromatic rings. The van der Waals surface area contributed by atoms with Crippen LogP contribution in [0.25, 0.3) is 0 Å². The lowest BCUT2D eigenvalue weighted by atomic mass is 10.0. The van der Waals surface area contributed by atoms with Crippen LogP contribution in [-0.4, -0.2) is 62.3 Å². The third-order valence-electron chi connectivity index (χ3n) is 3.95. The standard InChI is InChI=1S/C13H25N3O2/c1-3-16-5-4-11(7-16)6-15-12(17)8-18-13(2)9-14-10-13/h11,14H,3-10H2,1-2H3,(H,15,17). The van der Waals surface area contributed by atoms with E-state index < -0.39 is 0 Å². The van der Waals surface area contributed by atoms with Crippen LogP contribution >= 0.6 is 0 Å². The molecule has 2 N–H and O–H groups in total. The van der Waals surface area contributed by atoms with Gasteiger partial charge in [0.1, 0.15) is 6.61 Å². The highest BCUT2D eigenvalue weighted by Gasteiger charge is 2.33. The topological polar surface area (TPSA) is 53.6 Å². The zero-order chi connectivity index (χ0) is 13.0. The molecule has 1 atom stereocenters. The summed E-state index contributed by atoms with van der Waals surface area (Å²) in [6.45, 7) is 10.3. The highest BCUT2D eigenvalue weighted by atomic mass is 16.5. The molecule has 2 aliphatic rings. The summed E-state index contributed by atoms with van der Waals surface area (Å²) in [5.74, 6) is 0.618. The van der Waals surface area contributed by atoms with Gasteiger partial charge in [-0.2, -0.15) is 0 Å². The fourth-order valence-corrected chi connectivity index (χ4v) is 2.49. The number of hydrogen-bond donors (Lipinski definition) is 2. The summed E-state index contributed by atoms with van der Waals surface area (Å²) in [4.78, 5) is 14.1. The molecule has 0 aromatic heterocycles. The molecule has 104 valence electrons. The fraction of sp³-hybridized carbons (Fsp3) is 0.923. The average Bonchev–Trinajstić information content (AvgIpc) is 2.79. The van der Waals surface area contributed by atoms with E-state index in [0.717, 1.165) is 39.3 Å². The predicted octanol–water partition coefficient (Wildman–Crippen LogP) is -0.177. The summed E-state index contributed by atoms with van der Waals surface area (Å²) in [5.41, 5.74) is -0.135. The number of ether oxygens (including phenoxy) is 1. The number of rotatable bonds is 6. The van der Waals surface area contributed by atoms with E-state index >= 15 is 0 Å². The SMILES string of the molecule is CCN1CCC(CNC(=O)COC2(C)CNC2)C1. The Hall–Kier alpha value is -0.650. The second-order valence-electron chi connectivity index (χ2n) is 5.69. The van der Waals surface area contributed by atoms with Crippen molar-refractivity contribution in [3.63, 3.8) is 0 Å². The summed E-state index contributed by atoms with van der Waals surface area (Å²) < 4.78 is 5.60. The highest BCUT2D eigenvalue weighted by molar-refractivity contribution is 5.77. The molecule has 5 heteroatoms. The van der Waals surface area contributed by atoms with Crippen LogP contribution < -0.4 is 10.6 Å². The Bertz CT molecular complexity index is 292. The van der Waals surface area contributed by atoms with Crippen molar-refractivity contribution in [2.24, 2.45) is 5.92 Å². The molecule has 0 aromatic carbocycles. The number of likely N-dealkylation sites (tertiary alicyclic amines) is 1. The Labute approximate surface area is 109 Å². The van der Waals surface area contributed by atoms with Crippen LogP contribution in [0.3, 0.4) is 0 Å². The first-order valence-electron chi connectivity index (χ1n) is 6.95. The molecule has 18 heavy (non-hydrogen) atoms. The van der Waals surface area contributed by atoms with Crippen molar-refractivity contribution in [3.8, 4) is 0 Å². The van der Waals surface area contributed by atoms with E-state index in [4.69, 9.17) is 4.74 Å². The Morgan fingerprint density at radius 3 is 2.89 bits per heavy atom. The number of nitrogens with one attached hydrogen (secondary N) is 2. The largest absolute Gasteiger partial charge is 0.363 e. The number of nitrogens with zero attached hydrogens (tertiary/aromatic N) is 1. The third kappa shape index (κ3) is 3.67. The van der Waals surface area contributed by atoms with Crippen LogP contribution in [0.4, 0.5) is 0 Å². The van der Waals surface area contributed by atoms with E-state index in [9.17, 15) is 4.79 Å². The number of carbonyl (C=O) groups excluding carboxylic acids is 1. The van der Waals surface area contributed by atoms with Crippen molar-refractivity contribution in [2.45, 2.75) is 25.9 Å². The van der Waals surface area contributed by atoms with E-state index in [1.807, 2.05) is 6.92 Å². The molecule has 5 nitrogen and oxygen atoms in total. The monoisotopic (exact) mass is 255 g/mol. The van der Waals surface area contributed by atoms with Crippen LogP contribution in [0.2, 0.25) is 0 Å².